The van der Waals surface area contributed by atoms with Crippen LogP contribution in [-0.2, 0) is 0 Å². The summed E-state index contributed by atoms with van der Waals surface area (Å²) in [6.07, 6.45) is 2.59. The first-order valence-electron chi connectivity index (χ1n) is 6.30. The van der Waals surface area contributed by atoms with Gasteiger partial charge >= 0.3 is 0 Å². The van der Waals surface area contributed by atoms with Gasteiger partial charge in [0.25, 0.3) is 0 Å². The number of hydrogen-bond donors (Lipinski definition) is 2. The Bertz CT molecular complexity index is 439. The van der Waals surface area contributed by atoms with Gasteiger partial charge in [0.15, 0.2) is 0 Å². The monoisotopic (exact) mass is 245 g/mol. The van der Waals surface area contributed by atoms with E-state index in [0.29, 0.717) is 0 Å². The van der Waals surface area contributed by atoms with Crippen LogP contribution in [-0.4, -0.2) is 11.7 Å². The van der Waals surface area contributed by atoms with Crippen LogP contribution < -0.4 is 5.32 Å². The molecule has 0 saturated carbocycles. The quantitative estimate of drug-likeness (QED) is 0.822. The van der Waals surface area contributed by atoms with Gasteiger partial charge in [0.2, 0.25) is 0 Å². The van der Waals surface area contributed by atoms with E-state index in [1.54, 1.807) is 6.26 Å². The van der Waals surface area contributed by atoms with E-state index in [2.05, 4.69) is 24.4 Å². The Kier molecular flexibility index (Phi) is 4.56. The van der Waals surface area contributed by atoms with Crippen molar-refractivity contribution < 1.29 is 9.52 Å². The number of aliphatic hydroxyl groups is 1. The van der Waals surface area contributed by atoms with Crippen molar-refractivity contribution >= 4 is 0 Å². The molecule has 0 saturated heterocycles. The maximum atomic E-state index is 9.47. The van der Waals surface area contributed by atoms with Crippen LogP contribution in [0.2, 0.25) is 0 Å². The van der Waals surface area contributed by atoms with Gasteiger partial charge in [0.1, 0.15) is 5.76 Å². The lowest BCUT2D eigenvalue weighted by Gasteiger charge is -2.22. The lowest BCUT2D eigenvalue weighted by atomic mass is 10.0. The summed E-state index contributed by atoms with van der Waals surface area (Å²) in [6, 6.07) is 14.0. The molecule has 2 N–H and O–H groups in total. The first-order valence-corrected chi connectivity index (χ1v) is 6.30. The molecule has 0 aliphatic carbocycles. The summed E-state index contributed by atoms with van der Waals surface area (Å²) in [6.45, 7) is 2.15. The van der Waals surface area contributed by atoms with Crippen molar-refractivity contribution in [1.29, 1.82) is 0 Å². The molecule has 2 atom stereocenters. The molecule has 3 heteroatoms. The molecule has 0 spiro atoms. The highest BCUT2D eigenvalue weighted by molar-refractivity contribution is 5.19. The molecule has 18 heavy (non-hydrogen) atoms. The molecule has 0 radical (unpaired) electrons. The van der Waals surface area contributed by atoms with Crippen molar-refractivity contribution in [1.82, 2.24) is 5.32 Å². The largest absolute Gasteiger partial charge is 0.468 e. The molecule has 2 unspecified atom stereocenters. The lowest BCUT2D eigenvalue weighted by molar-refractivity contribution is 0.213. The number of furan rings is 1. The lowest BCUT2D eigenvalue weighted by Crippen LogP contribution is -2.28. The number of rotatable bonds is 6. The third-order valence-electron chi connectivity index (χ3n) is 3.08. The van der Waals surface area contributed by atoms with Gasteiger partial charge in [-0.25, -0.2) is 0 Å². The maximum absolute atomic E-state index is 9.47. The fourth-order valence-corrected chi connectivity index (χ4v) is 2.09. The minimum atomic E-state index is -0.162. The van der Waals surface area contributed by atoms with E-state index in [9.17, 15) is 5.11 Å². The second kappa shape index (κ2) is 6.38. The minimum absolute atomic E-state index is 0.0246. The van der Waals surface area contributed by atoms with Crippen molar-refractivity contribution in [3.05, 3.63) is 60.1 Å². The highest BCUT2D eigenvalue weighted by Gasteiger charge is 2.18. The maximum Gasteiger partial charge on any atom is 0.123 e. The Morgan fingerprint density at radius 2 is 1.89 bits per heavy atom. The zero-order chi connectivity index (χ0) is 12.8. The second-order valence-electron chi connectivity index (χ2n) is 4.29. The molecule has 3 nitrogen and oxygen atoms in total. The average molecular weight is 245 g/mol. The SMILES string of the molecule is CCC(NC(CO)c1ccco1)c1ccccc1. The smallest absolute Gasteiger partial charge is 0.123 e. The molecule has 2 aromatic rings. The Morgan fingerprint density at radius 3 is 2.44 bits per heavy atom. The van der Waals surface area contributed by atoms with E-state index >= 15 is 0 Å². The molecule has 1 aromatic heterocycles. The van der Waals surface area contributed by atoms with Crippen molar-refractivity contribution in [2.24, 2.45) is 0 Å². The molecule has 1 heterocycles. The summed E-state index contributed by atoms with van der Waals surface area (Å²) in [5.74, 6) is 0.770. The molecule has 0 bridgehead atoms. The fraction of sp³-hybridized carbons (Fsp3) is 0.333. The van der Waals surface area contributed by atoms with Crippen LogP contribution in [0.25, 0.3) is 0 Å². The molecular weight excluding hydrogens is 226 g/mol. The average Bonchev–Trinajstić information content (AvgIpc) is 2.95. The van der Waals surface area contributed by atoms with Crippen LogP contribution in [0.5, 0.6) is 0 Å². The van der Waals surface area contributed by atoms with Crippen molar-refractivity contribution in [3.63, 3.8) is 0 Å². The van der Waals surface area contributed by atoms with Crippen LogP contribution in [0.4, 0.5) is 0 Å². The first-order chi connectivity index (χ1) is 8.85. The number of benzene rings is 1. The van der Waals surface area contributed by atoms with Crippen molar-refractivity contribution in [2.75, 3.05) is 6.61 Å². The predicted molar refractivity (Wildman–Crippen MR) is 71.1 cm³/mol. The fourth-order valence-electron chi connectivity index (χ4n) is 2.09. The van der Waals surface area contributed by atoms with Gasteiger partial charge in [0.05, 0.1) is 18.9 Å². The molecule has 0 aliphatic rings. The van der Waals surface area contributed by atoms with Gasteiger partial charge in [-0.15, -0.1) is 0 Å². The number of nitrogens with one attached hydrogen (secondary N) is 1. The van der Waals surface area contributed by atoms with E-state index < -0.39 is 0 Å². The summed E-state index contributed by atoms with van der Waals surface area (Å²) >= 11 is 0. The van der Waals surface area contributed by atoms with Gasteiger partial charge in [0, 0.05) is 6.04 Å². The van der Waals surface area contributed by atoms with Crippen molar-refractivity contribution in [2.45, 2.75) is 25.4 Å². The highest BCUT2D eigenvalue weighted by atomic mass is 16.3. The Labute approximate surface area is 107 Å². The van der Waals surface area contributed by atoms with E-state index in [1.165, 1.54) is 5.56 Å². The Morgan fingerprint density at radius 1 is 1.11 bits per heavy atom. The van der Waals surface area contributed by atoms with Gasteiger partial charge in [-0.2, -0.15) is 0 Å². The summed E-state index contributed by atoms with van der Waals surface area (Å²) < 4.78 is 5.35. The molecule has 2 rings (SSSR count). The van der Waals surface area contributed by atoms with Gasteiger partial charge in [-0.3, -0.25) is 5.32 Å². The zero-order valence-corrected chi connectivity index (χ0v) is 10.5. The van der Waals surface area contributed by atoms with Gasteiger partial charge in [-0.1, -0.05) is 37.3 Å². The topological polar surface area (TPSA) is 45.4 Å². The third kappa shape index (κ3) is 3.00. The molecule has 1 aromatic carbocycles. The van der Waals surface area contributed by atoms with Crippen LogP contribution in [0.15, 0.2) is 53.1 Å². The summed E-state index contributed by atoms with van der Waals surface area (Å²) in [4.78, 5) is 0. The first kappa shape index (κ1) is 12.9. The standard InChI is InChI=1S/C15H19NO2/c1-2-13(12-7-4-3-5-8-12)16-14(11-17)15-9-6-10-18-15/h3-10,13-14,16-17H,2,11H2,1H3. The zero-order valence-electron chi connectivity index (χ0n) is 10.5. The van der Waals surface area contributed by atoms with E-state index in [-0.39, 0.29) is 18.7 Å². The van der Waals surface area contributed by atoms with E-state index in [0.717, 1.165) is 12.2 Å². The molecule has 96 valence electrons. The summed E-state index contributed by atoms with van der Waals surface area (Å²) in [5.41, 5.74) is 1.23. The molecule has 0 aliphatic heterocycles. The van der Waals surface area contributed by atoms with Crippen LogP contribution in [0, 0.1) is 0 Å². The summed E-state index contributed by atoms with van der Waals surface area (Å²) in [5, 5.41) is 12.9. The predicted octanol–water partition coefficient (Wildman–Crippen LogP) is 3.05. The normalized spacial score (nSPS) is 14.3. The molecule has 0 fully saturated rings. The van der Waals surface area contributed by atoms with Crippen LogP contribution >= 0.6 is 0 Å². The summed E-state index contributed by atoms with van der Waals surface area (Å²) in [7, 11) is 0. The Hall–Kier alpha value is -1.58. The molecule has 0 amide bonds. The van der Waals surface area contributed by atoms with Gasteiger partial charge in [-0.05, 0) is 24.1 Å². The number of aliphatic hydroxyl groups excluding tert-OH is 1. The van der Waals surface area contributed by atoms with Gasteiger partial charge < -0.3 is 9.52 Å². The van der Waals surface area contributed by atoms with Crippen LogP contribution in [0.1, 0.15) is 36.8 Å². The third-order valence-corrected chi connectivity index (χ3v) is 3.08. The second-order valence-corrected chi connectivity index (χ2v) is 4.29. The van der Waals surface area contributed by atoms with E-state index in [4.69, 9.17) is 4.42 Å². The minimum Gasteiger partial charge on any atom is -0.468 e. The van der Waals surface area contributed by atoms with Crippen molar-refractivity contribution in [3.8, 4) is 0 Å². The number of hydrogen-bond acceptors (Lipinski definition) is 3. The highest BCUT2D eigenvalue weighted by Crippen LogP contribution is 2.22. The molecular formula is C15H19NO2. The van der Waals surface area contributed by atoms with E-state index in [1.807, 2.05) is 30.3 Å². The Balaban J connectivity index is 2.10. The van der Waals surface area contributed by atoms with Crippen LogP contribution in [0.3, 0.4) is 0 Å².